The molecule has 0 aliphatic carbocycles. The summed E-state index contributed by atoms with van der Waals surface area (Å²) < 4.78 is 0. The molecule has 3 N–H and O–H groups in total. The molecule has 2 amide bonds. The maximum Gasteiger partial charge on any atom is 0.240 e. The molecular weight excluding hydrogens is 384 g/mol. The van der Waals surface area contributed by atoms with Crippen LogP contribution in [0.5, 0.6) is 0 Å². The van der Waals surface area contributed by atoms with E-state index in [4.69, 9.17) is 5.73 Å². The van der Waals surface area contributed by atoms with Gasteiger partial charge in [-0.25, -0.2) is 0 Å². The predicted octanol–water partition coefficient (Wildman–Crippen LogP) is 4.35. The second kappa shape index (κ2) is 9.90. The van der Waals surface area contributed by atoms with Gasteiger partial charge in [-0.2, -0.15) is 0 Å². The van der Waals surface area contributed by atoms with Crippen LogP contribution in [-0.4, -0.2) is 17.9 Å². The smallest absolute Gasteiger partial charge is 0.240 e. The molecular formula is C27H28N2O2. The molecule has 0 unspecified atom stereocenters. The first kappa shape index (κ1) is 22.0. The van der Waals surface area contributed by atoms with Crippen molar-refractivity contribution in [3.05, 3.63) is 120 Å². The molecule has 1 atom stereocenters. The number of rotatable bonds is 9. The number of carbonyl (C=O) groups is 2. The normalized spacial score (nSPS) is 12.0. The van der Waals surface area contributed by atoms with Crippen LogP contribution in [0.3, 0.4) is 0 Å². The van der Waals surface area contributed by atoms with Gasteiger partial charge in [-0.1, -0.05) is 96.6 Å². The van der Waals surface area contributed by atoms with Gasteiger partial charge in [0.05, 0.1) is 5.41 Å². The minimum atomic E-state index is -0.787. The topological polar surface area (TPSA) is 72.2 Å². The number of amides is 2. The van der Waals surface area contributed by atoms with Crippen molar-refractivity contribution in [2.75, 3.05) is 0 Å². The Hall–Kier alpha value is -3.66. The zero-order valence-corrected chi connectivity index (χ0v) is 17.8. The SMILES string of the molecule is C=C(C)C[C@H](NC(=O)CC(c1ccccc1)(c1ccccc1)c1ccccc1)C(N)=O. The third kappa shape index (κ3) is 5.10. The molecule has 3 aromatic rings. The lowest BCUT2D eigenvalue weighted by Crippen LogP contribution is -2.47. The molecule has 0 aliphatic heterocycles. The van der Waals surface area contributed by atoms with Gasteiger partial charge in [0.1, 0.15) is 6.04 Å². The molecule has 4 nitrogen and oxygen atoms in total. The molecule has 0 radical (unpaired) electrons. The van der Waals surface area contributed by atoms with Crippen molar-refractivity contribution >= 4 is 11.8 Å². The Morgan fingerprint density at radius 3 is 1.55 bits per heavy atom. The number of nitrogens with one attached hydrogen (secondary N) is 1. The molecule has 0 fully saturated rings. The van der Waals surface area contributed by atoms with E-state index >= 15 is 0 Å². The van der Waals surface area contributed by atoms with E-state index in [1.165, 1.54) is 0 Å². The maximum atomic E-state index is 13.3. The Morgan fingerprint density at radius 1 is 0.839 bits per heavy atom. The van der Waals surface area contributed by atoms with Crippen molar-refractivity contribution in [1.29, 1.82) is 0 Å². The minimum Gasteiger partial charge on any atom is -0.368 e. The van der Waals surface area contributed by atoms with Crippen LogP contribution in [0.1, 0.15) is 36.5 Å². The van der Waals surface area contributed by atoms with E-state index in [9.17, 15) is 9.59 Å². The lowest BCUT2D eigenvalue weighted by molar-refractivity contribution is -0.127. The van der Waals surface area contributed by atoms with Crippen LogP contribution < -0.4 is 11.1 Å². The summed E-state index contributed by atoms with van der Waals surface area (Å²) in [4.78, 5) is 25.2. The quantitative estimate of drug-likeness (QED) is 0.405. The summed E-state index contributed by atoms with van der Waals surface area (Å²) in [6.07, 6.45) is 0.446. The van der Waals surface area contributed by atoms with E-state index < -0.39 is 17.4 Å². The number of benzene rings is 3. The van der Waals surface area contributed by atoms with Crippen LogP contribution in [-0.2, 0) is 15.0 Å². The molecule has 0 spiro atoms. The number of nitrogens with two attached hydrogens (primary N) is 1. The zero-order chi connectivity index (χ0) is 22.3. The molecule has 158 valence electrons. The summed E-state index contributed by atoms with van der Waals surface area (Å²) in [7, 11) is 0. The maximum absolute atomic E-state index is 13.3. The minimum absolute atomic E-state index is 0.130. The van der Waals surface area contributed by atoms with Crippen LogP contribution >= 0.6 is 0 Å². The van der Waals surface area contributed by atoms with Crippen molar-refractivity contribution < 1.29 is 9.59 Å². The van der Waals surface area contributed by atoms with Crippen LogP contribution in [0.4, 0.5) is 0 Å². The number of carbonyl (C=O) groups excluding carboxylic acids is 2. The highest BCUT2D eigenvalue weighted by molar-refractivity contribution is 5.88. The largest absolute Gasteiger partial charge is 0.368 e. The van der Waals surface area contributed by atoms with Gasteiger partial charge < -0.3 is 11.1 Å². The third-order valence-corrected chi connectivity index (χ3v) is 5.46. The van der Waals surface area contributed by atoms with Crippen molar-refractivity contribution in [3.63, 3.8) is 0 Å². The van der Waals surface area contributed by atoms with Gasteiger partial charge in [0.25, 0.3) is 0 Å². The molecule has 0 saturated carbocycles. The second-order valence-electron chi connectivity index (χ2n) is 7.86. The standard InChI is InChI=1S/C27H28N2O2/c1-20(2)18-24(26(28)31)29-25(30)19-27(21-12-6-3-7-13-21,22-14-8-4-9-15-22)23-16-10-5-11-17-23/h3-17,24H,1,18-19H2,2H3,(H2,28,31)(H,29,30)/t24-/m0/s1. The molecule has 31 heavy (non-hydrogen) atoms. The van der Waals surface area contributed by atoms with Crippen molar-refractivity contribution in [1.82, 2.24) is 5.32 Å². The van der Waals surface area contributed by atoms with Crippen molar-refractivity contribution in [2.24, 2.45) is 5.73 Å². The van der Waals surface area contributed by atoms with Gasteiger partial charge in [0, 0.05) is 6.42 Å². The first-order valence-corrected chi connectivity index (χ1v) is 10.3. The Balaban J connectivity index is 2.11. The highest BCUT2D eigenvalue weighted by Crippen LogP contribution is 2.42. The van der Waals surface area contributed by atoms with Gasteiger partial charge in [0.2, 0.25) is 11.8 Å². The average molecular weight is 413 g/mol. The lowest BCUT2D eigenvalue weighted by Gasteiger charge is -2.36. The van der Waals surface area contributed by atoms with Gasteiger partial charge in [-0.15, -0.1) is 6.58 Å². The number of hydrogen-bond donors (Lipinski definition) is 2. The predicted molar refractivity (Wildman–Crippen MR) is 124 cm³/mol. The van der Waals surface area contributed by atoms with Crippen LogP contribution in [0.25, 0.3) is 0 Å². The number of hydrogen-bond acceptors (Lipinski definition) is 2. The molecule has 0 aliphatic rings. The fourth-order valence-corrected chi connectivity index (χ4v) is 4.03. The highest BCUT2D eigenvalue weighted by atomic mass is 16.2. The Labute approximate surface area is 183 Å². The van der Waals surface area contributed by atoms with Crippen LogP contribution in [0, 0.1) is 0 Å². The van der Waals surface area contributed by atoms with Gasteiger partial charge in [-0.3, -0.25) is 9.59 Å². The molecule has 0 bridgehead atoms. The summed E-state index contributed by atoms with van der Waals surface area (Å²) in [5, 5.41) is 2.84. The summed E-state index contributed by atoms with van der Waals surface area (Å²) in [5.74, 6) is -0.817. The molecule has 0 saturated heterocycles. The summed E-state index contributed by atoms with van der Waals surface area (Å²) >= 11 is 0. The van der Waals surface area contributed by atoms with E-state index in [1.807, 2.05) is 97.9 Å². The summed E-state index contributed by atoms with van der Waals surface area (Å²) in [6, 6.07) is 29.1. The zero-order valence-electron chi connectivity index (χ0n) is 17.8. The fraction of sp³-hybridized carbons (Fsp3) is 0.185. The van der Waals surface area contributed by atoms with Crippen molar-refractivity contribution in [2.45, 2.75) is 31.2 Å². The monoisotopic (exact) mass is 412 g/mol. The third-order valence-electron chi connectivity index (χ3n) is 5.46. The van der Waals surface area contributed by atoms with E-state index in [2.05, 4.69) is 11.9 Å². The van der Waals surface area contributed by atoms with E-state index in [-0.39, 0.29) is 12.3 Å². The fourth-order valence-electron chi connectivity index (χ4n) is 4.03. The second-order valence-corrected chi connectivity index (χ2v) is 7.86. The Morgan fingerprint density at radius 2 is 1.23 bits per heavy atom. The van der Waals surface area contributed by atoms with E-state index in [1.54, 1.807) is 0 Å². The van der Waals surface area contributed by atoms with Crippen LogP contribution in [0.2, 0.25) is 0 Å². The molecule has 4 heteroatoms. The molecule has 0 aromatic heterocycles. The first-order chi connectivity index (χ1) is 14.9. The highest BCUT2D eigenvalue weighted by Gasteiger charge is 2.39. The molecule has 3 rings (SSSR count). The molecule has 0 heterocycles. The Kier molecular flexibility index (Phi) is 7.03. The van der Waals surface area contributed by atoms with E-state index in [0.717, 1.165) is 22.3 Å². The van der Waals surface area contributed by atoms with Gasteiger partial charge in [0.15, 0.2) is 0 Å². The molecule has 3 aromatic carbocycles. The number of primary amides is 1. The summed E-state index contributed by atoms with van der Waals surface area (Å²) in [5.41, 5.74) is 8.59. The van der Waals surface area contributed by atoms with Gasteiger partial charge >= 0.3 is 0 Å². The van der Waals surface area contributed by atoms with Gasteiger partial charge in [-0.05, 0) is 30.0 Å². The first-order valence-electron chi connectivity index (χ1n) is 10.3. The summed E-state index contributed by atoms with van der Waals surface area (Å²) in [6.45, 7) is 5.65. The van der Waals surface area contributed by atoms with Crippen LogP contribution in [0.15, 0.2) is 103 Å². The Bertz CT molecular complexity index is 934. The van der Waals surface area contributed by atoms with Crippen molar-refractivity contribution in [3.8, 4) is 0 Å². The lowest BCUT2D eigenvalue weighted by atomic mass is 9.67. The average Bonchev–Trinajstić information content (AvgIpc) is 2.78. The van der Waals surface area contributed by atoms with E-state index in [0.29, 0.717) is 6.42 Å².